The Bertz CT molecular complexity index is 476. The summed E-state index contributed by atoms with van der Waals surface area (Å²) >= 11 is 0. The van der Waals surface area contributed by atoms with Crippen molar-refractivity contribution in [3.8, 4) is 6.07 Å². The predicted molar refractivity (Wildman–Crippen MR) is 66.4 cm³/mol. The topological polar surface area (TPSA) is 59.6 Å². The smallest absolute Gasteiger partial charge is 0.116 e. The van der Waals surface area contributed by atoms with E-state index in [2.05, 4.69) is 16.1 Å². The molecule has 4 nitrogen and oxygen atoms in total. The van der Waals surface area contributed by atoms with E-state index in [4.69, 9.17) is 10.5 Å². The van der Waals surface area contributed by atoms with Crippen molar-refractivity contribution in [2.45, 2.75) is 25.8 Å². The first-order chi connectivity index (χ1) is 8.31. The van der Waals surface area contributed by atoms with Crippen molar-refractivity contribution in [3.05, 3.63) is 29.8 Å². The van der Waals surface area contributed by atoms with Crippen LogP contribution in [0.2, 0.25) is 0 Å². The van der Waals surface area contributed by atoms with Crippen molar-refractivity contribution in [3.63, 3.8) is 0 Å². The van der Waals surface area contributed by atoms with Crippen LogP contribution in [-0.4, -0.2) is 23.5 Å². The van der Waals surface area contributed by atoms with Crippen molar-refractivity contribution >= 4 is 11.4 Å². The molecule has 0 aliphatic carbocycles. The van der Waals surface area contributed by atoms with Crippen LogP contribution in [0.3, 0.4) is 0 Å². The zero-order valence-corrected chi connectivity index (χ0v) is 9.80. The average Bonchev–Trinajstić information content (AvgIpc) is 2.40. The van der Waals surface area contributed by atoms with Gasteiger partial charge in [-0.25, -0.2) is 0 Å². The van der Waals surface area contributed by atoms with E-state index >= 15 is 0 Å². The van der Waals surface area contributed by atoms with Crippen LogP contribution in [0, 0.1) is 11.3 Å². The molecule has 1 aliphatic heterocycles. The zero-order chi connectivity index (χ0) is 12.3. The highest BCUT2D eigenvalue weighted by atomic mass is 16.4. The van der Waals surface area contributed by atoms with E-state index in [0.717, 1.165) is 24.2 Å². The van der Waals surface area contributed by atoms with E-state index in [1.54, 1.807) is 0 Å². The first kappa shape index (κ1) is 11.5. The van der Waals surface area contributed by atoms with Crippen molar-refractivity contribution < 1.29 is 5.21 Å². The molecule has 17 heavy (non-hydrogen) atoms. The third kappa shape index (κ3) is 1.96. The number of hydrogen-bond donors (Lipinski definition) is 1. The third-order valence-electron chi connectivity index (χ3n) is 3.15. The van der Waals surface area contributed by atoms with E-state index in [0.29, 0.717) is 12.1 Å². The Kier molecular flexibility index (Phi) is 3.29. The quantitative estimate of drug-likeness (QED) is 0.625. The number of hydrogen-bond acceptors (Lipinski definition) is 4. The van der Waals surface area contributed by atoms with E-state index < -0.39 is 0 Å². The van der Waals surface area contributed by atoms with Gasteiger partial charge in [-0.05, 0) is 12.5 Å². The minimum atomic E-state index is -0.114. The Labute approximate surface area is 101 Å². The van der Waals surface area contributed by atoms with Crippen molar-refractivity contribution in [1.82, 2.24) is 0 Å². The fraction of sp³-hybridized carbons (Fsp3) is 0.385. The molecule has 0 amide bonds. The lowest BCUT2D eigenvalue weighted by Crippen LogP contribution is -2.39. The van der Waals surface area contributed by atoms with E-state index in [1.165, 1.54) is 0 Å². The number of fused-ring (bicyclic) bond motifs is 1. The second kappa shape index (κ2) is 4.88. The van der Waals surface area contributed by atoms with Gasteiger partial charge in [0.15, 0.2) is 0 Å². The van der Waals surface area contributed by atoms with E-state index in [9.17, 15) is 0 Å². The number of nitrogens with zero attached hydrogens (tertiary/aromatic N) is 3. The number of rotatable bonds is 2. The molecule has 0 saturated carbocycles. The molecular weight excluding hydrogens is 214 g/mol. The second-order valence-electron chi connectivity index (χ2n) is 4.06. The molecule has 2 rings (SSSR count). The summed E-state index contributed by atoms with van der Waals surface area (Å²) in [6.45, 7) is 2.73. The zero-order valence-electron chi connectivity index (χ0n) is 9.80. The van der Waals surface area contributed by atoms with Crippen LogP contribution in [-0.2, 0) is 0 Å². The SMILES string of the molecule is CCC(C#N)N1CCC(=NO)c2ccccc21. The van der Waals surface area contributed by atoms with Gasteiger partial charge in [-0.1, -0.05) is 30.3 Å². The van der Waals surface area contributed by atoms with Gasteiger partial charge in [0, 0.05) is 24.2 Å². The summed E-state index contributed by atoms with van der Waals surface area (Å²) in [6.07, 6.45) is 1.46. The monoisotopic (exact) mass is 229 g/mol. The Morgan fingerprint density at radius 1 is 1.53 bits per heavy atom. The number of nitriles is 1. The van der Waals surface area contributed by atoms with Crippen molar-refractivity contribution in [2.24, 2.45) is 5.16 Å². The van der Waals surface area contributed by atoms with E-state index in [-0.39, 0.29) is 6.04 Å². The summed E-state index contributed by atoms with van der Waals surface area (Å²) in [4.78, 5) is 2.09. The highest BCUT2D eigenvalue weighted by molar-refractivity contribution is 6.06. The van der Waals surface area contributed by atoms with Gasteiger partial charge in [-0.2, -0.15) is 5.26 Å². The summed E-state index contributed by atoms with van der Waals surface area (Å²) in [5, 5.41) is 21.5. The molecule has 1 aromatic carbocycles. The Hall–Kier alpha value is -2.02. The summed E-state index contributed by atoms with van der Waals surface area (Å²) in [5.41, 5.74) is 2.61. The Balaban J connectivity index is 2.45. The molecule has 0 radical (unpaired) electrons. The van der Waals surface area contributed by atoms with Gasteiger partial charge >= 0.3 is 0 Å². The lowest BCUT2D eigenvalue weighted by molar-refractivity contribution is 0.317. The highest BCUT2D eigenvalue weighted by Gasteiger charge is 2.26. The minimum absolute atomic E-state index is 0.114. The van der Waals surface area contributed by atoms with Crippen LogP contribution < -0.4 is 4.90 Å². The van der Waals surface area contributed by atoms with Gasteiger partial charge < -0.3 is 10.1 Å². The summed E-state index contributed by atoms with van der Waals surface area (Å²) < 4.78 is 0. The van der Waals surface area contributed by atoms with Crippen LogP contribution in [0.15, 0.2) is 29.4 Å². The van der Waals surface area contributed by atoms with Gasteiger partial charge in [0.25, 0.3) is 0 Å². The molecule has 1 aromatic rings. The Morgan fingerprint density at radius 2 is 2.29 bits per heavy atom. The van der Waals surface area contributed by atoms with Gasteiger partial charge in [0.1, 0.15) is 6.04 Å². The maximum atomic E-state index is 9.16. The number of oxime groups is 1. The van der Waals surface area contributed by atoms with Gasteiger partial charge in [-0.15, -0.1) is 0 Å². The van der Waals surface area contributed by atoms with Gasteiger partial charge in [0.05, 0.1) is 11.8 Å². The third-order valence-corrected chi connectivity index (χ3v) is 3.15. The van der Waals surface area contributed by atoms with Crippen LogP contribution in [0.4, 0.5) is 5.69 Å². The predicted octanol–water partition coefficient (Wildman–Crippen LogP) is 2.38. The van der Waals surface area contributed by atoms with Crippen molar-refractivity contribution in [2.75, 3.05) is 11.4 Å². The molecule has 1 unspecified atom stereocenters. The Morgan fingerprint density at radius 3 is 2.94 bits per heavy atom. The summed E-state index contributed by atoms with van der Waals surface area (Å²) in [6, 6.07) is 9.97. The minimum Gasteiger partial charge on any atom is -0.411 e. The number of para-hydroxylation sites is 1. The standard InChI is InChI=1S/C13H15N3O/c1-2-10(9-14)16-8-7-12(15-17)11-5-3-4-6-13(11)16/h3-6,10,17H,2,7-8H2,1H3. The first-order valence-electron chi connectivity index (χ1n) is 5.78. The van der Waals surface area contributed by atoms with Crippen LogP contribution in [0.25, 0.3) is 0 Å². The molecule has 88 valence electrons. The molecule has 0 bridgehead atoms. The number of benzene rings is 1. The fourth-order valence-electron chi connectivity index (χ4n) is 2.26. The molecule has 0 fully saturated rings. The van der Waals surface area contributed by atoms with Crippen LogP contribution >= 0.6 is 0 Å². The number of anilines is 1. The van der Waals surface area contributed by atoms with Gasteiger partial charge in [-0.3, -0.25) is 0 Å². The van der Waals surface area contributed by atoms with Crippen LogP contribution in [0.1, 0.15) is 25.3 Å². The summed E-state index contributed by atoms with van der Waals surface area (Å²) in [7, 11) is 0. The molecule has 1 heterocycles. The van der Waals surface area contributed by atoms with Crippen molar-refractivity contribution in [1.29, 1.82) is 5.26 Å². The molecule has 1 N–H and O–H groups in total. The molecule has 1 aliphatic rings. The molecule has 4 heteroatoms. The lowest BCUT2D eigenvalue weighted by atomic mass is 9.97. The second-order valence-corrected chi connectivity index (χ2v) is 4.06. The highest BCUT2D eigenvalue weighted by Crippen LogP contribution is 2.29. The maximum absolute atomic E-state index is 9.16. The van der Waals surface area contributed by atoms with Crippen LogP contribution in [0.5, 0.6) is 0 Å². The van der Waals surface area contributed by atoms with Gasteiger partial charge in [0.2, 0.25) is 0 Å². The lowest BCUT2D eigenvalue weighted by Gasteiger charge is -2.34. The molecule has 1 atom stereocenters. The first-order valence-corrected chi connectivity index (χ1v) is 5.78. The molecule has 0 spiro atoms. The molecular formula is C13H15N3O. The average molecular weight is 229 g/mol. The van der Waals surface area contributed by atoms with E-state index in [1.807, 2.05) is 31.2 Å². The molecule has 0 saturated heterocycles. The molecule has 0 aromatic heterocycles. The largest absolute Gasteiger partial charge is 0.411 e. The normalized spacial score (nSPS) is 18.6. The summed E-state index contributed by atoms with van der Waals surface area (Å²) in [5.74, 6) is 0. The fourth-order valence-corrected chi connectivity index (χ4v) is 2.26. The maximum Gasteiger partial charge on any atom is 0.116 e.